The van der Waals surface area contributed by atoms with Crippen molar-refractivity contribution in [2.75, 3.05) is 0 Å². The molecule has 106 valence electrons. The van der Waals surface area contributed by atoms with Crippen molar-refractivity contribution in [1.29, 1.82) is 0 Å². The van der Waals surface area contributed by atoms with Crippen molar-refractivity contribution in [1.82, 2.24) is 30.5 Å². The summed E-state index contributed by atoms with van der Waals surface area (Å²) < 4.78 is 5.17. The van der Waals surface area contributed by atoms with E-state index in [-0.39, 0.29) is 18.1 Å². The first kappa shape index (κ1) is 13.0. The predicted octanol–water partition coefficient (Wildman–Crippen LogP) is 0.889. The van der Waals surface area contributed by atoms with Crippen molar-refractivity contribution >= 4 is 5.91 Å². The molecule has 0 aliphatic carbocycles. The van der Waals surface area contributed by atoms with E-state index >= 15 is 0 Å². The van der Waals surface area contributed by atoms with E-state index in [4.69, 9.17) is 4.42 Å². The Labute approximate surface area is 119 Å². The van der Waals surface area contributed by atoms with Gasteiger partial charge in [-0.3, -0.25) is 4.79 Å². The summed E-state index contributed by atoms with van der Waals surface area (Å²) in [7, 11) is 0. The van der Waals surface area contributed by atoms with Gasteiger partial charge in [-0.1, -0.05) is 18.2 Å². The third-order valence-electron chi connectivity index (χ3n) is 2.68. The lowest BCUT2D eigenvalue weighted by atomic mass is 10.3. The van der Waals surface area contributed by atoms with E-state index in [1.807, 2.05) is 30.3 Å². The van der Waals surface area contributed by atoms with Crippen LogP contribution < -0.4 is 5.32 Å². The highest BCUT2D eigenvalue weighted by Crippen LogP contribution is 2.04. The lowest BCUT2D eigenvalue weighted by Gasteiger charge is -1.99. The number of aromatic nitrogens is 5. The van der Waals surface area contributed by atoms with Crippen LogP contribution in [0.25, 0.3) is 5.69 Å². The Morgan fingerprint density at radius 3 is 2.81 bits per heavy atom. The summed E-state index contributed by atoms with van der Waals surface area (Å²) in [5, 5.41) is 18.3. The third kappa shape index (κ3) is 2.94. The molecule has 0 atom stereocenters. The normalized spacial score (nSPS) is 10.5. The summed E-state index contributed by atoms with van der Waals surface area (Å²) in [6, 6.07) is 9.34. The van der Waals surface area contributed by atoms with Gasteiger partial charge >= 0.3 is 0 Å². The molecule has 0 aliphatic rings. The van der Waals surface area contributed by atoms with Gasteiger partial charge in [-0.15, -0.1) is 15.3 Å². The number of aryl methyl sites for hydroxylation is 1. The second-order valence-electron chi connectivity index (χ2n) is 4.25. The second kappa shape index (κ2) is 5.53. The molecule has 0 saturated heterocycles. The number of para-hydroxylation sites is 1. The monoisotopic (exact) mass is 284 g/mol. The fourth-order valence-electron chi connectivity index (χ4n) is 1.71. The second-order valence-corrected chi connectivity index (χ2v) is 4.25. The molecule has 3 rings (SSSR count). The first-order valence-corrected chi connectivity index (χ1v) is 6.27. The van der Waals surface area contributed by atoms with Gasteiger partial charge < -0.3 is 9.73 Å². The van der Waals surface area contributed by atoms with Gasteiger partial charge in [0, 0.05) is 6.92 Å². The molecule has 21 heavy (non-hydrogen) atoms. The van der Waals surface area contributed by atoms with Crippen LogP contribution in [0, 0.1) is 6.92 Å². The molecular formula is C13H12N6O2. The van der Waals surface area contributed by atoms with E-state index in [1.165, 1.54) is 11.0 Å². The highest BCUT2D eigenvalue weighted by atomic mass is 16.4. The SMILES string of the molecule is Cc1nnc(CNC(=O)c2cnn(-c3ccccc3)n2)o1. The number of carbonyl (C=O) groups is 1. The maximum Gasteiger partial charge on any atom is 0.273 e. The molecular weight excluding hydrogens is 272 g/mol. The predicted molar refractivity (Wildman–Crippen MR) is 71.6 cm³/mol. The van der Waals surface area contributed by atoms with E-state index < -0.39 is 0 Å². The molecule has 0 radical (unpaired) electrons. The molecule has 0 bridgehead atoms. The van der Waals surface area contributed by atoms with Crippen LogP contribution in [-0.4, -0.2) is 31.1 Å². The highest BCUT2D eigenvalue weighted by molar-refractivity contribution is 5.91. The van der Waals surface area contributed by atoms with Gasteiger partial charge in [-0.05, 0) is 12.1 Å². The summed E-state index contributed by atoms with van der Waals surface area (Å²) in [5.74, 6) is 0.443. The maximum absolute atomic E-state index is 12.0. The smallest absolute Gasteiger partial charge is 0.273 e. The minimum atomic E-state index is -0.354. The summed E-state index contributed by atoms with van der Waals surface area (Å²) in [4.78, 5) is 13.3. The van der Waals surface area contributed by atoms with Gasteiger partial charge in [0.2, 0.25) is 11.8 Å². The zero-order valence-corrected chi connectivity index (χ0v) is 11.2. The largest absolute Gasteiger partial charge is 0.424 e. The van der Waals surface area contributed by atoms with Crippen LogP contribution in [-0.2, 0) is 6.54 Å². The summed E-state index contributed by atoms with van der Waals surface area (Å²) in [6.07, 6.45) is 1.40. The van der Waals surface area contributed by atoms with Crippen molar-refractivity contribution in [2.45, 2.75) is 13.5 Å². The Hall–Kier alpha value is -3.03. The first-order chi connectivity index (χ1) is 10.2. The van der Waals surface area contributed by atoms with Crippen molar-refractivity contribution in [3.63, 3.8) is 0 Å². The molecule has 2 aromatic heterocycles. The Morgan fingerprint density at radius 2 is 2.10 bits per heavy atom. The summed E-state index contributed by atoms with van der Waals surface area (Å²) >= 11 is 0. The molecule has 1 amide bonds. The van der Waals surface area contributed by atoms with Gasteiger partial charge in [-0.25, -0.2) is 0 Å². The lowest BCUT2D eigenvalue weighted by Crippen LogP contribution is -2.23. The van der Waals surface area contributed by atoms with Gasteiger partial charge in [0.25, 0.3) is 5.91 Å². The number of nitrogens with zero attached hydrogens (tertiary/aromatic N) is 5. The molecule has 0 unspecified atom stereocenters. The summed E-state index contributed by atoms with van der Waals surface area (Å²) in [5.41, 5.74) is 0.999. The first-order valence-electron chi connectivity index (χ1n) is 6.27. The van der Waals surface area contributed by atoms with Crippen molar-refractivity contribution in [3.8, 4) is 5.69 Å². The Balaban J connectivity index is 1.67. The average molecular weight is 284 g/mol. The minimum Gasteiger partial charge on any atom is -0.424 e. The Bertz CT molecular complexity index is 749. The molecule has 2 heterocycles. The average Bonchev–Trinajstić information content (AvgIpc) is 3.15. The number of carbonyl (C=O) groups excluding carboxylic acids is 1. The number of hydrogen-bond donors (Lipinski definition) is 1. The summed E-state index contributed by atoms with van der Waals surface area (Å²) in [6.45, 7) is 1.83. The topological polar surface area (TPSA) is 98.7 Å². The van der Waals surface area contributed by atoms with E-state index in [0.29, 0.717) is 11.8 Å². The molecule has 3 aromatic rings. The van der Waals surface area contributed by atoms with E-state index in [0.717, 1.165) is 5.69 Å². The highest BCUT2D eigenvalue weighted by Gasteiger charge is 2.12. The van der Waals surface area contributed by atoms with Crippen LogP contribution in [0.3, 0.4) is 0 Å². The van der Waals surface area contributed by atoms with Crippen LogP contribution in [0.15, 0.2) is 40.9 Å². The number of amides is 1. The van der Waals surface area contributed by atoms with Crippen molar-refractivity contribution < 1.29 is 9.21 Å². The molecule has 8 heteroatoms. The Kier molecular flexibility index (Phi) is 3.42. The molecule has 8 nitrogen and oxygen atoms in total. The number of nitrogens with one attached hydrogen (secondary N) is 1. The number of benzene rings is 1. The molecule has 0 aliphatic heterocycles. The van der Waals surface area contributed by atoms with Gasteiger partial charge in [0.05, 0.1) is 18.4 Å². The molecule has 0 saturated carbocycles. The fourth-order valence-corrected chi connectivity index (χ4v) is 1.71. The number of rotatable bonds is 4. The molecule has 0 spiro atoms. The third-order valence-corrected chi connectivity index (χ3v) is 2.68. The van der Waals surface area contributed by atoms with Crippen LogP contribution in [0.5, 0.6) is 0 Å². The van der Waals surface area contributed by atoms with E-state index in [2.05, 4.69) is 25.7 Å². The molecule has 1 N–H and O–H groups in total. The van der Waals surface area contributed by atoms with Gasteiger partial charge in [0.1, 0.15) is 0 Å². The van der Waals surface area contributed by atoms with Crippen molar-refractivity contribution in [2.24, 2.45) is 0 Å². The molecule has 1 aromatic carbocycles. The number of hydrogen-bond acceptors (Lipinski definition) is 6. The fraction of sp³-hybridized carbons (Fsp3) is 0.154. The minimum absolute atomic E-state index is 0.151. The standard InChI is InChI=1S/C13H12N6O2/c1-9-16-17-12(21-9)8-14-13(20)11-7-15-19(18-11)10-5-3-2-4-6-10/h2-7H,8H2,1H3,(H,14,20). The van der Waals surface area contributed by atoms with Crippen molar-refractivity contribution in [3.05, 3.63) is 54.0 Å². The van der Waals surface area contributed by atoms with E-state index in [9.17, 15) is 4.79 Å². The quantitative estimate of drug-likeness (QED) is 0.763. The van der Waals surface area contributed by atoms with Crippen LogP contribution in [0.1, 0.15) is 22.3 Å². The van der Waals surface area contributed by atoms with Crippen LogP contribution in [0.4, 0.5) is 0 Å². The van der Waals surface area contributed by atoms with Crippen LogP contribution in [0.2, 0.25) is 0 Å². The Morgan fingerprint density at radius 1 is 1.29 bits per heavy atom. The zero-order valence-electron chi connectivity index (χ0n) is 11.2. The van der Waals surface area contributed by atoms with Gasteiger partial charge in [0.15, 0.2) is 5.69 Å². The lowest BCUT2D eigenvalue weighted by molar-refractivity contribution is 0.0941. The molecule has 0 fully saturated rings. The maximum atomic E-state index is 12.0. The van der Waals surface area contributed by atoms with Gasteiger partial charge in [-0.2, -0.15) is 9.90 Å². The van der Waals surface area contributed by atoms with E-state index in [1.54, 1.807) is 6.92 Å². The van der Waals surface area contributed by atoms with Crippen LogP contribution >= 0.6 is 0 Å². The zero-order chi connectivity index (χ0) is 14.7.